The highest BCUT2D eigenvalue weighted by Crippen LogP contribution is 2.43. The number of hydrogen-bond acceptors (Lipinski definition) is 2. The summed E-state index contributed by atoms with van der Waals surface area (Å²) in [5.41, 5.74) is 7.04. The summed E-state index contributed by atoms with van der Waals surface area (Å²) in [5.74, 6) is 0.918. The average molecular weight is 238 g/mol. The summed E-state index contributed by atoms with van der Waals surface area (Å²) < 4.78 is 0. The van der Waals surface area contributed by atoms with E-state index in [1.807, 2.05) is 0 Å². The van der Waals surface area contributed by atoms with E-state index in [0.717, 1.165) is 12.5 Å². The molecule has 2 N–H and O–H groups in total. The fourth-order valence-corrected chi connectivity index (χ4v) is 3.52. The number of likely N-dealkylation sites (tertiary alicyclic amines) is 1. The van der Waals surface area contributed by atoms with Gasteiger partial charge in [0.1, 0.15) is 0 Å². The Labute approximate surface area is 107 Å². The van der Waals surface area contributed by atoms with Crippen LogP contribution in [-0.2, 0) is 0 Å². The number of hydrogen-bond donors (Lipinski definition) is 1. The van der Waals surface area contributed by atoms with E-state index in [0.29, 0.717) is 11.0 Å². The first-order chi connectivity index (χ1) is 7.97. The molecule has 2 nitrogen and oxygen atoms in total. The third-order valence-electron chi connectivity index (χ3n) is 5.37. The second-order valence-corrected chi connectivity index (χ2v) is 7.26. The Morgan fingerprint density at radius 1 is 1.06 bits per heavy atom. The molecule has 1 aliphatic carbocycles. The SMILES string of the molecule is CC1CCN(C2(CN)CCC(C)(C)CC2)CC1. The minimum absolute atomic E-state index is 0.343. The molecule has 0 spiro atoms. The van der Waals surface area contributed by atoms with E-state index in [-0.39, 0.29) is 0 Å². The van der Waals surface area contributed by atoms with Crippen LogP contribution >= 0.6 is 0 Å². The lowest BCUT2D eigenvalue weighted by Gasteiger charge is -2.51. The molecular weight excluding hydrogens is 208 g/mol. The van der Waals surface area contributed by atoms with Crippen LogP contribution in [0.25, 0.3) is 0 Å². The van der Waals surface area contributed by atoms with Gasteiger partial charge in [0, 0.05) is 12.1 Å². The van der Waals surface area contributed by atoms with Gasteiger partial charge in [-0.1, -0.05) is 20.8 Å². The Hall–Kier alpha value is -0.0800. The van der Waals surface area contributed by atoms with Crippen molar-refractivity contribution in [3.63, 3.8) is 0 Å². The lowest BCUT2D eigenvalue weighted by Crippen LogP contribution is -2.58. The fourth-order valence-electron chi connectivity index (χ4n) is 3.52. The third-order valence-corrected chi connectivity index (χ3v) is 5.37. The molecule has 0 unspecified atom stereocenters. The molecule has 1 aliphatic heterocycles. The summed E-state index contributed by atoms with van der Waals surface area (Å²) in [6.07, 6.45) is 8.04. The van der Waals surface area contributed by atoms with Crippen molar-refractivity contribution in [2.24, 2.45) is 17.1 Å². The van der Waals surface area contributed by atoms with Crippen molar-refractivity contribution in [2.75, 3.05) is 19.6 Å². The number of piperidine rings is 1. The van der Waals surface area contributed by atoms with Crippen LogP contribution in [0.15, 0.2) is 0 Å². The molecule has 2 heteroatoms. The molecule has 0 aromatic carbocycles. The van der Waals surface area contributed by atoms with Crippen molar-refractivity contribution >= 4 is 0 Å². The highest BCUT2D eigenvalue weighted by molar-refractivity contribution is 4.98. The minimum Gasteiger partial charge on any atom is -0.329 e. The third kappa shape index (κ3) is 2.85. The zero-order valence-corrected chi connectivity index (χ0v) is 12.0. The topological polar surface area (TPSA) is 29.3 Å². The van der Waals surface area contributed by atoms with Crippen LogP contribution in [-0.4, -0.2) is 30.1 Å². The zero-order chi connectivity index (χ0) is 12.5. The molecule has 0 aromatic heterocycles. The van der Waals surface area contributed by atoms with Crippen molar-refractivity contribution in [3.8, 4) is 0 Å². The summed E-state index contributed by atoms with van der Waals surface area (Å²) in [6.45, 7) is 10.6. The molecule has 0 bridgehead atoms. The van der Waals surface area contributed by atoms with E-state index in [4.69, 9.17) is 5.73 Å². The molecule has 1 saturated carbocycles. The normalized spacial score (nSPS) is 30.4. The molecule has 2 rings (SSSR count). The van der Waals surface area contributed by atoms with Gasteiger partial charge in [0.2, 0.25) is 0 Å². The molecule has 0 amide bonds. The standard InChI is InChI=1S/C15H30N2/c1-13-4-10-17(11-5-13)15(12-16)8-6-14(2,3)7-9-15/h13H,4-12,16H2,1-3H3. The zero-order valence-electron chi connectivity index (χ0n) is 12.0. The lowest BCUT2D eigenvalue weighted by atomic mass is 9.68. The van der Waals surface area contributed by atoms with Crippen molar-refractivity contribution < 1.29 is 0 Å². The van der Waals surface area contributed by atoms with Gasteiger partial charge in [-0.3, -0.25) is 4.90 Å². The van der Waals surface area contributed by atoms with E-state index < -0.39 is 0 Å². The first kappa shape index (κ1) is 13.4. The van der Waals surface area contributed by atoms with Crippen molar-refractivity contribution in [1.29, 1.82) is 0 Å². The van der Waals surface area contributed by atoms with Crippen LogP contribution < -0.4 is 5.73 Å². The van der Waals surface area contributed by atoms with Crippen molar-refractivity contribution in [2.45, 2.75) is 64.8 Å². The Balaban J connectivity index is 2.00. The first-order valence-corrected chi connectivity index (χ1v) is 7.43. The largest absolute Gasteiger partial charge is 0.329 e. The van der Waals surface area contributed by atoms with Gasteiger partial charge in [-0.15, -0.1) is 0 Å². The van der Waals surface area contributed by atoms with Crippen molar-refractivity contribution in [1.82, 2.24) is 4.90 Å². The molecular formula is C15H30N2. The molecule has 0 atom stereocenters. The first-order valence-electron chi connectivity index (χ1n) is 7.43. The molecule has 100 valence electrons. The maximum Gasteiger partial charge on any atom is 0.0332 e. The summed E-state index contributed by atoms with van der Waals surface area (Å²) in [6, 6.07) is 0. The van der Waals surface area contributed by atoms with Gasteiger partial charge in [0.25, 0.3) is 0 Å². The van der Waals surface area contributed by atoms with Gasteiger partial charge in [-0.25, -0.2) is 0 Å². The van der Waals surface area contributed by atoms with Gasteiger partial charge in [0.15, 0.2) is 0 Å². The maximum atomic E-state index is 6.15. The monoisotopic (exact) mass is 238 g/mol. The second kappa shape index (κ2) is 4.89. The number of nitrogens with two attached hydrogens (primary N) is 1. The lowest BCUT2D eigenvalue weighted by molar-refractivity contribution is 0.00249. The Morgan fingerprint density at radius 3 is 2.06 bits per heavy atom. The van der Waals surface area contributed by atoms with Gasteiger partial charge in [-0.2, -0.15) is 0 Å². The maximum absolute atomic E-state index is 6.15. The summed E-state index contributed by atoms with van der Waals surface area (Å²) >= 11 is 0. The van der Waals surface area contributed by atoms with Crippen molar-refractivity contribution in [3.05, 3.63) is 0 Å². The second-order valence-electron chi connectivity index (χ2n) is 7.26. The summed E-state index contributed by atoms with van der Waals surface area (Å²) in [5, 5.41) is 0. The fraction of sp³-hybridized carbons (Fsp3) is 1.00. The smallest absolute Gasteiger partial charge is 0.0332 e. The molecule has 2 fully saturated rings. The molecule has 0 radical (unpaired) electrons. The van der Waals surface area contributed by atoms with Gasteiger partial charge in [0.05, 0.1) is 0 Å². The van der Waals surface area contributed by atoms with Crippen LogP contribution in [0.3, 0.4) is 0 Å². The van der Waals surface area contributed by atoms with Gasteiger partial charge in [-0.05, 0) is 62.9 Å². The van der Waals surface area contributed by atoms with Crippen LogP contribution in [0, 0.1) is 11.3 Å². The summed E-state index contributed by atoms with van der Waals surface area (Å²) in [4.78, 5) is 2.72. The highest BCUT2D eigenvalue weighted by Gasteiger charge is 2.42. The van der Waals surface area contributed by atoms with E-state index in [1.165, 1.54) is 51.6 Å². The van der Waals surface area contributed by atoms with E-state index >= 15 is 0 Å². The van der Waals surface area contributed by atoms with E-state index in [2.05, 4.69) is 25.7 Å². The molecule has 1 heterocycles. The number of rotatable bonds is 2. The van der Waals surface area contributed by atoms with E-state index in [9.17, 15) is 0 Å². The van der Waals surface area contributed by atoms with Gasteiger partial charge >= 0.3 is 0 Å². The molecule has 2 aliphatic rings. The highest BCUT2D eigenvalue weighted by atomic mass is 15.2. The Kier molecular flexibility index (Phi) is 3.84. The van der Waals surface area contributed by atoms with Crippen LogP contribution in [0.5, 0.6) is 0 Å². The Morgan fingerprint density at radius 2 is 1.59 bits per heavy atom. The minimum atomic E-state index is 0.343. The molecule has 17 heavy (non-hydrogen) atoms. The molecule has 1 saturated heterocycles. The predicted molar refractivity (Wildman–Crippen MR) is 74.0 cm³/mol. The van der Waals surface area contributed by atoms with E-state index in [1.54, 1.807) is 0 Å². The average Bonchev–Trinajstić information content (AvgIpc) is 2.31. The quantitative estimate of drug-likeness (QED) is 0.801. The van der Waals surface area contributed by atoms with Crippen LogP contribution in [0.2, 0.25) is 0 Å². The number of nitrogens with zero attached hydrogens (tertiary/aromatic N) is 1. The predicted octanol–water partition coefficient (Wildman–Crippen LogP) is 3.02. The van der Waals surface area contributed by atoms with Crippen LogP contribution in [0.4, 0.5) is 0 Å². The molecule has 0 aromatic rings. The van der Waals surface area contributed by atoms with Crippen LogP contribution in [0.1, 0.15) is 59.3 Å². The van der Waals surface area contributed by atoms with Gasteiger partial charge < -0.3 is 5.73 Å². The summed E-state index contributed by atoms with van der Waals surface area (Å²) in [7, 11) is 0. The Bertz CT molecular complexity index is 242.